The third-order valence-corrected chi connectivity index (χ3v) is 6.35. The van der Waals surface area contributed by atoms with Crippen molar-refractivity contribution in [3.05, 3.63) is 55.9 Å². The van der Waals surface area contributed by atoms with Crippen LogP contribution in [0.1, 0.15) is 29.9 Å². The molecule has 4 heterocycles. The van der Waals surface area contributed by atoms with Crippen molar-refractivity contribution in [2.24, 2.45) is 5.92 Å². The van der Waals surface area contributed by atoms with Crippen molar-refractivity contribution in [2.75, 3.05) is 36.5 Å². The number of rotatable bonds is 3. The molecule has 2 saturated heterocycles. The van der Waals surface area contributed by atoms with Crippen LogP contribution in [0.3, 0.4) is 0 Å². The first-order chi connectivity index (χ1) is 15.9. The Bertz CT molecular complexity index is 1200. The summed E-state index contributed by atoms with van der Waals surface area (Å²) in [6, 6.07) is 7.42. The molecule has 1 aromatic carbocycles. The molecule has 2 fully saturated rings. The standard InChI is InChI=1S/C21H20N6O6/c22-11-14-15(12-1-3-13(4-2-12)27(30)31)16-17(23-18(14)28)24-20(25-19(16)29)26-7-5-21(6-8-26)32-9-10-33-21/h1-4,14-15H,5-10H2,(H2,23,24,25,28,29). The molecule has 12 heteroatoms. The number of nitro groups is 1. The predicted octanol–water partition coefficient (Wildman–Crippen LogP) is 1.25. The van der Waals surface area contributed by atoms with Gasteiger partial charge in [-0.1, -0.05) is 12.1 Å². The summed E-state index contributed by atoms with van der Waals surface area (Å²) < 4.78 is 11.5. The van der Waals surface area contributed by atoms with Crippen LogP contribution in [0.15, 0.2) is 29.1 Å². The number of carbonyl (C=O) groups excluding carboxylic acids is 1. The van der Waals surface area contributed by atoms with Gasteiger partial charge in [0.2, 0.25) is 11.9 Å². The van der Waals surface area contributed by atoms with E-state index in [-0.39, 0.29) is 17.1 Å². The van der Waals surface area contributed by atoms with Gasteiger partial charge in [-0.3, -0.25) is 24.7 Å². The Morgan fingerprint density at radius 2 is 1.85 bits per heavy atom. The first-order valence-corrected chi connectivity index (χ1v) is 10.5. The van der Waals surface area contributed by atoms with Gasteiger partial charge in [0.05, 0.1) is 29.8 Å². The van der Waals surface area contributed by atoms with E-state index in [0.717, 1.165) is 0 Å². The molecular formula is C21H20N6O6. The van der Waals surface area contributed by atoms with E-state index in [2.05, 4.69) is 15.3 Å². The molecule has 1 aromatic heterocycles. The summed E-state index contributed by atoms with van der Waals surface area (Å²) in [5.41, 5.74) is -0.0195. The second kappa shape index (κ2) is 7.95. The molecular weight excluding hydrogens is 432 g/mol. The summed E-state index contributed by atoms with van der Waals surface area (Å²) in [6.07, 6.45) is 1.23. The summed E-state index contributed by atoms with van der Waals surface area (Å²) in [4.78, 5) is 45.4. The van der Waals surface area contributed by atoms with Crippen LogP contribution in [0, 0.1) is 27.4 Å². The number of aromatic nitrogens is 2. The molecule has 2 N–H and O–H groups in total. The van der Waals surface area contributed by atoms with Crippen molar-refractivity contribution < 1.29 is 19.2 Å². The molecule has 2 atom stereocenters. The molecule has 0 bridgehead atoms. The summed E-state index contributed by atoms with van der Waals surface area (Å²) in [5.74, 6) is -2.86. The minimum atomic E-state index is -1.18. The fourth-order valence-corrected chi connectivity index (χ4v) is 4.66. The molecule has 2 unspecified atom stereocenters. The number of fused-ring (bicyclic) bond motifs is 1. The largest absolute Gasteiger partial charge is 0.347 e. The van der Waals surface area contributed by atoms with Crippen LogP contribution in [0.25, 0.3) is 0 Å². The molecule has 12 nitrogen and oxygen atoms in total. The number of ether oxygens (including phenoxy) is 2. The SMILES string of the molecule is N#CC1C(=O)Nc2nc(N3CCC4(CC3)OCCO4)[nH]c(=O)c2C1c1ccc([N+](=O)[O-])cc1. The normalized spacial score (nSPS) is 23.6. The second-order valence-corrected chi connectivity index (χ2v) is 8.17. The summed E-state index contributed by atoms with van der Waals surface area (Å²) in [6.45, 7) is 2.21. The molecule has 170 valence electrons. The van der Waals surface area contributed by atoms with Gasteiger partial charge in [-0.15, -0.1) is 0 Å². The topological polar surface area (TPSA) is 163 Å². The lowest BCUT2D eigenvalue weighted by atomic mass is 9.79. The lowest BCUT2D eigenvalue weighted by molar-refractivity contribution is -0.384. The van der Waals surface area contributed by atoms with Crippen LogP contribution in [-0.2, 0) is 14.3 Å². The van der Waals surface area contributed by atoms with Crippen molar-refractivity contribution in [1.29, 1.82) is 5.26 Å². The maximum absolute atomic E-state index is 13.2. The number of amides is 1. The number of hydrogen-bond donors (Lipinski definition) is 2. The Hall–Kier alpha value is -3.82. The van der Waals surface area contributed by atoms with Crippen molar-refractivity contribution in [3.63, 3.8) is 0 Å². The molecule has 5 rings (SSSR count). The molecule has 0 radical (unpaired) electrons. The molecule has 1 spiro atoms. The highest BCUT2D eigenvalue weighted by atomic mass is 16.7. The molecule has 3 aliphatic rings. The number of hydrogen-bond acceptors (Lipinski definition) is 9. The number of benzene rings is 1. The zero-order valence-electron chi connectivity index (χ0n) is 17.4. The number of nitriles is 1. The van der Waals surface area contributed by atoms with Crippen LogP contribution in [0.5, 0.6) is 0 Å². The Kier molecular flexibility index (Phi) is 5.07. The van der Waals surface area contributed by atoms with Gasteiger partial charge >= 0.3 is 0 Å². The Balaban J connectivity index is 1.50. The molecule has 2 aromatic rings. The van der Waals surface area contributed by atoms with E-state index in [1.54, 1.807) is 0 Å². The lowest BCUT2D eigenvalue weighted by Crippen LogP contribution is -2.46. The van der Waals surface area contributed by atoms with Crippen LogP contribution in [0.4, 0.5) is 17.5 Å². The highest BCUT2D eigenvalue weighted by Gasteiger charge is 2.42. The van der Waals surface area contributed by atoms with Gasteiger partial charge in [-0.2, -0.15) is 10.2 Å². The molecule has 3 aliphatic heterocycles. The zero-order chi connectivity index (χ0) is 23.2. The van der Waals surface area contributed by atoms with Crippen LogP contribution in [-0.4, -0.2) is 52.9 Å². The van der Waals surface area contributed by atoms with Gasteiger partial charge in [0.1, 0.15) is 11.7 Å². The Labute approximate surface area is 187 Å². The van der Waals surface area contributed by atoms with E-state index in [0.29, 0.717) is 50.7 Å². The maximum atomic E-state index is 13.2. The quantitative estimate of drug-likeness (QED) is 0.515. The van der Waals surface area contributed by atoms with E-state index in [1.165, 1.54) is 24.3 Å². The van der Waals surface area contributed by atoms with Gasteiger partial charge < -0.3 is 19.7 Å². The number of H-pyrrole nitrogens is 1. The van der Waals surface area contributed by atoms with E-state index in [4.69, 9.17) is 9.47 Å². The van der Waals surface area contributed by atoms with Gasteiger partial charge in [-0.25, -0.2) is 0 Å². The van der Waals surface area contributed by atoms with Crippen molar-refractivity contribution >= 4 is 23.4 Å². The first kappa shape index (κ1) is 21.0. The third-order valence-electron chi connectivity index (χ3n) is 6.35. The van der Waals surface area contributed by atoms with E-state index >= 15 is 0 Å². The number of nitrogens with one attached hydrogen (secondary N) is 2. The Morgan fingerprint density at radius 1 is 1.18 bits per heavy atom. The fraction of sp³-hybridized carbons (Fsp3) is 0.429. The highest BCUT2D eigenvalue weighted by molar-refractivity contribution is 5.98. The summed E-state index contributed by atoms with van der Waals surface area (Å²) in [7, 11) is 0. The van der Waals surface area contributed by atoms with Crippen LogP contribution < -0.4 is 15.8 Å². The summed E-state index contributed by atoms with van der Waals surface area (Å²) >= 11 is 0. The number of anilines is 2. The number of piperidine rings is 1. The first-order valence-electron chi connectivity index (χ1n) is 10.5. The minimum Gasteiger partial charge on any atom is -0.347 e. The van der Waals surface area contributed by atoms with E-state index in [9.17, 15) is 25.0 Å². The lowest BCUT2D eigenvalue weighted by Gasteiger charge is -2.38. The highest BCUT2D eigenvalue weighted by Crippen LogP contribution is 2.39. The summed E-state index contributed by atoms with van der Waals surface area (Å²) in [5, 5.41) is 23.2. The van der Waals surface area contributed by atoms with Gasteiger partial charge in [-0.05, 0) is 5.56 Å². The van der Waals surface area contributed by atoms with Gasteiger partial charge in [0, 0.05) is 44.0 Å². The predicted molar refractivity (Wildman–Crippen MR) is 114 cm³/mol. The maximum Gasteiger partial charge on any atom is 0.269 e. The number of non-ortho nitro benzene ring substituents is 1. The number of carbonyl (C=O) groups is 1. The molecule has 1 amide bonds. The zero-order valence-corrected chi connectivity index (χ0v) is 17.4. The van der Waals surface area contributed by atoms with Gasteiger partial charge in [0.25, 0.3) is 11.2 Å². The minimum absolute atomic E-state index is 0.0854. The van der Waals surface area contributed by atoms with E-state index in [1.807, 2.05) is 11.0 Å². The number of nitro benzene ring substituents is 1. The molecule has 0 saturated carbocycles. The number of aromatic amines is 1. The van der Waals surface area contributed by atoms with Crippen molar-refractivity contribution in [1.82, 2.24) is 9.97 Å². The monoisotopic (exact) mass is 452 g/mol. The van der Waals surface area contributed by atoms with Gasteiger partial charge in [0.15, 0.2) is 5.79 Å². The van der Waals surface area contributed by atoms with Crippen molar-refractivity contribution in [3.8, 4) is 6.07 Å². The van der Waals surface area contributed by atoms with Crippen LogP contribution in [0.2, 0.25) is 0 Å². The van der Waals surface area contributed by atoms with Crippen molar-refractivity contribution in [2.45, 2.75) is 24.5 Å². The molecule has 0 aliphatic carbocycles. The Morgan fingerprint density at radius 3 is 2.45 bits per heavy atom. The van der Waals surface area contributed by atoms with E-state index < -0.39 is 34.0 Å². The second-order valence-electron chi connectivity index (χ2n) is 8.17. The smallest absolute Gasteiger partial charge is 0.269 e. The van der Waals surface area contributed by atoms with Crippen LogP contribution >= 0.6 is 0 Å². The number of nitrogens with zero attached hydrogens (tertiary/aromatic N) is 4. The average molecular weight is 452 g/mol. The average Bonchev–Trinajstić information content (AvgIpc) is 3.26. The molecule has 33 heavy (non-hydrogen) atoms. The third kappa shape index (κ3) is 3.61. The fourth-order valence-electron chi connectivity index (χ4n) is 4.66.